The summed E-state index contributed by atoms with van der Waals surface area (Å²) >= 11 is 0. The molecule has 0 aliphatic carbocycles. The minimum Gasteiger partial charge on any atom is -0.493 e. The fraction of sp³-hybridized carbons (Fsp3) is 0.263. The SMILES string of the molecule is COc1cc(CC(=O)OCc2cc(-c3ccco3)on2)cc(OC)c1OC. The lowest BCUT2D eigenvalue weighted by molar-refractivity contribution is -0.144. The summed E-state index contributed by atoms with van der Waals surface area (Å²) in [5.41, 5.74) is 1.16. The number of nitrogens with zero attached hydrogens (tertiary/aromatic N) is 1. The second-order valence-electron chi connectivity index (χ2n) is 5.53. The molecule has 0 radical (unpaired) electrons. The van der Waals surface area contributed by atoms with Crippen LogP contribution in [-0.4, -0.2) is 32.5 Å². The Labute approximate surface area is 155 Å². The summed E-state index contributed by atoms with van der Waals surface area (Å²) < 4.78 is 31.5. The van der Waals surface area contributed by atoms with Gasteiger partial charge in [-0.25, -0.2) is 0 Å². The van der Waals surface area contributed by atoms with Gasteiger partial charge in [0.1, 0.15) is 12.3 Å². The molecule has 1 aromatic carbocycles. The number of benzene rings is 1. The minimum atomic E-state index is -0.424. The monoisotopic (exact) mass is 373 g/mol. The third-order valence-corrected chi connectivity index (χ3v) is 3.78. The second kappa shape index (κ2) is 8.31. The molecule has 0 amide bonds. The predicted molar refractivity (Wildman–Crippen MR) is 93.8 cm³/mol. The summed E-state index contributed by atoms with van der Waals surface area (Å²) in [6.07, 6.45) is 1.58. The normalized spacial score (nSPS) is 10.5. The van der Waals surface area contributed by atoms with E-state index >= 15 is 0 Å². The predicted octanol–water partition coefficient (Wildman–Crippen LogP) is 3.25. The molecule has 3 rings (SSSR count). The van der Waals surface area contributed by atoms with Crippen molar-refractivity contribution in [2.24, 2.45) is 0 Å². The molecule has 8 heteroatoms. The number of carbonyl (C=O) groups is 1. The lowest BCUT2D eigenvalue weighted by Gasteiger charge is -2.13. The highest BCUT2D eigenvalue weighted by Crippen LogP contribution is 2.38. The van der Waals surface area contributed by atoms with Gasteiger partial charge in [0.25, 0.3) is 0 Å². The van der Waals surface area contributed by atoms with Gasteiger partial charge < -0.3 is 27.9 Å². The first-order valence-corrected chi connectivity index (χ1v) is 8.08. The van der Waals surface area contributed by atoms with Gasteiger partial charge in [0, 0.05) is 6.07 Å². The topological polar surface area (TPSA) is 93.2 Å². The van der Waals surface area contributed by atoms with Crippen molar-refractivity contribution in [2.45, 2.75) is 13.0 Å². The minimum absolute atomic E-state index is 0.00648. The third kappa shape index (κ3) is 4.22. The summed E-state index contributed by atoms with van der Waals surface area (Å²) in [6.45, 7) is -0.00648. The number of carbonyl (C=O) groups excluding carboxylic acids is 1. The molecular formula is C19H19NO7. The van der Waals surface area contributed by atoms with E-state index in [1.165, 1.54) is 27.6 Å². The molecular weight excluding hydrogens is 354 g/mol. The maximum Gasteiger partial charge on any atom is 0.310 e. The lowest BCUT2D eigenvalue weighted by atomic mass is 10.1. The first kappa shape index (κ1) is 18.4. The van der Waals surface area contributed by atoms with Gasteiger partial charge in [-0.3, -0.25) is 4.79 Å². The van der Waals surface area contributed by atoms with E-state index in [0.29, 0.717) is 40.0 Å². The summed E-state index contributed by atoms with van der Waals surface area (Å²) in [6, 6.07) is 8.56. The van der Waals surface area contributed by atoms with Gasteiger partial charge in [0.05, 0.1) is 34.0 Å². The molecule has 0 aliphatic heterocycles. The largest absolute Gasteiger partial charge is 0.493 e. The van der Waals surface area contributed by atoms with E-state index in [2.05, 4.69) is 5.16 Å². The van der Waals surface area contributed by atoms with Gasteiger partial charge in [-0.05, 0) is 29.8 Å². The zero-order valence-electron chi connectivity index (χ0n) is 15.2. The van der Waals surface area contributed by atoms with Crippen LogP contribution >= 0.6 is 0 Å². The van der Waals surface area contributed by atoms with E-state index in [1.807, 2.05) is 0 Å². The standard InChI is InChI=1S/C19H19NO7/c1-22-16-7-12(8-17(23-2)19(16)24-3)9-18(21)26-11-13-10-15(27-20-13)14-5-4-6-25-14/h4-8,10H,9,11H2,1-3H3. The van der Waals surface area contributed by atoms with E-state index in [4.69, 9.17) is 27.9 Å². The Hall–Kier alpha value is -3.42. The summed E-state index contributed by atoms with van der Waals surface area (Å²) in [7, 11) is 4.55. The van der Waals surface area contributed by atoms with Crippen LogP contribution in [0.5, 0.6) is 17.2 Å². The van der Waals surface area contributed by atoms with Crippen molar-refractivity contribution >= 4 is 5.97 Å². The maximum atomic E-state index is 12.2. The van der Waals surface area contributed by atoms with Gasteiger partial charge in [0.15, 0.2) is 17.3 Å². The Morgan fingerprint density at radius 1 is 1.04 bits per heavy atom. The van der Waals surface area contributed by atoms with Gasteiger partial charge in [-0.1, -0.05) is 5.16 Å². The number of furan rings is 1. The summed E-state index contributed by atoms with van der Waals surface area (Å²) in [5, 5.41) is 3.86. The number of hydrogen-bond donors (Lipinski definition) is 0. The van der Waals surface area contributed by atoms with Gasteiger partial charge in [-0.2, -0.15) is 0 Å². The van der Waals surface area contributed by atoms with Crippen LogP contribution in [0.25, 0.3) is 11.5 Å². The summed E-state index contributed by atoms with van der Waals surface area (Å²) in [4.78, 5) is 12.2. The Morgan fingerprint density at radius 3 is 2.37 bits per heavy atom. The molecule has 3 aromatic rings. The van der Waals surface area contributed by atoms with Crippen LogP contribution in [-0.2, 0) is 22.6 Å². The number of methoxy groups -OCH3 is 3. The Kier molecular flexibility index (Phi) is 5.65. The van der Waals surface area contributed by atoms with Crippen LogP contribution in [0.4, 0.5) is 0 Å². The first-order chi connectivity index (χ1) is 13.1. The van der Waals surface area contributed by atoms with Crippen molar-refractivity contribution in [3.8, 4) is 28.8 Å². The lowest BCUT2D eigenvalue weighted by Crippen LogP contribution is -2.09. The first-order valence-electron chi connectivity index (χ1n) is 8.08. The van der Waals surface area contributed by atoms with Crippen LogP contribution in [0.15, 0.2) is 45.5 Å². The average molecular weight is 373 g/mol. The van der Waals surface area contributed by atoms with E-state index in [9.17, 15) is 4.79 Å². The number of aromatic nitrogens is 1. The molecule has 0 aliphatic rings. The summed E-state index contributed by atoms with van der Waals surface area (Å²) in [5.74, 6) is 2.00. The maximum absolute atomic E-state index is 12.2. The molecule has 0 bridgehead atoms. The van der Waals surface area contributed by atoms with Crippen molar-refractivity contribution in [2.75, 3.05) is 21.3 Å². The van der Waals surface area contributed by atoms with E-state index in [0.717, 1.165) is 0 Å². The molecule has 8 nitrogen and oxygen atoms in total. The average Bonchev–Trinajstić information content (AvgIpc) is 3.37. The van der Waals surface area contributed by atoms with Crippen molar-refractivity contribution in [1.29, 1.82) is 0 Å². The Balaban J connectivity index is 1.62. The van der Waals surface area contributed by atoms with Crippen molar-refractivity contribution in [1.82, 2.24) is 5.16 Å². The molecule has 0 saturated heterocycles. The van der Waals surface area contributed by atoms with Crippen LogP contribution in [0.2, 0.25) is 0 Å². The second-order valence-corrected chi connectivity index (χ2v) is 5.53. The molecule has 27 heavy (non-hydrogen) atoms. The van der Waals surface area contributed by atoms with E-state index < -0.39 is 5.97 Å². The molecule has 0 unspecified atom stereocenters. The van der Waals surface area contributed by atoms with Crippen LogP contribution in [0.1, 0.15) is 11.3 Å². The number of ether oxygens (including phenoxy) is 4. The van der Waals surface area contributed by atoms with Crippen molar-refractivity contribution in [3.63, 3.8) is 0 Å². The molecule has 0 saturated carbocycles. The zero-order valence-corrected chi connectivity index (χ0v) is 15.2. The Morgan fingerprint density at radius 2 is 1.78 bits per heavy atom. The van der Waals surface area contributed by atoms with Crippen LogP contribution in [0, 0.1) is 0 Å². The molecule has 2 aromatic heterocycles. The fourth-order valence-electron chi connectivity index (χ4n) is 2.52. The molecule has 142 valence electrons. The van der Waals surface area contributed by atoms with Gasteiger partial charge in [-0.15, -0.1) is 0 Å². The smallest absolute Gasteiger partial charge is 0.310 e. The third-order valence-electron chi connectivity index (χ3n) is 3.78. The van der Waals surface area contributed by atoms with Gasteiger partial charge >= 0.3 is 5.97 Å². The highest BCUT2D eigenvalue weighted by molar-refractivity contribution is 5.73. The Bertz CT molecular complexity index is 874. The van der Waals surface area contributed by atoms with E-state index in [1.54, 1.807) is 30.3 Å². The van der Waals surface area contributed by atoms with Crippen LogP contribution in [0.3, 0.4) is 0 Å². The number of hydrogen-bond acceptors (Lipinski definition) is 8. The molecule has 0 N–H and O–H groups in total. The molecule has 0 spiro atoms. The number of rotatable bonds is 8. The zero-order chi connectivity index (χ0) is 19.2. The molecule has 0 atom stereocenters. The van der Waals surface area contributed by atoms with Gasteiger partial charge in [0.2, 0.25) is 11.5 Å². The molecule has 2 heterocycles. The van der Waals surface area contributed by atoms with E-state index in [-0.39, 0.29) is 13.0 Å². The van der Waals surface area contributed by atoms with Crippen molar-refractivity contribution < 1.29 is 32.7 Å². The highest BCUT2D eigenvalue weighted by Gasteiger charge is 2.16. The quantitative estimate of drug-likeness (QED) is 0.556. The van der Waals surface area contributed by atoms with Crippen LogP contribution < -0.4 is 14.2 Å². The highest BCUT2D eigenvalue weighted by atomic mass is 16.5. The molecule has 0 fully saturated rings. The van der Waals surface area contributed by atoms with Crippen molar-refractivity contribution in [3.05, 3.63) is 47.9 Å². The fourth-order valence-corrected chi connectivity index (χ4v) is 2.52. The number of esters is 1.